The van der Waals surface area contributed by atoms with Gasteiger partial charge in [-0.25, -0.2) is 13.6 Å². The lowest BCUT2D eigenvalue weighted by Gasteiger charge is -2.55. The topological polar surface area (TPSA) is 218 Å². The second kappa shape index (κ2) is 28.9. The number of fused-ring (bicyclic) bond motifs is 1. The van der Waals surface area contributed by atoms with E-state index in [9.17, 15) is 42.7 Å². The van der Waals surface area contributed by atoms with E-state index >= 15 is 0 Å². The number of pyridine rings is 1. The molecule has 0 radical (unpaired) electrons. The van der Waals surface area contributed by atoms with Gasteiger partial charge in [-0.15, -0.1) is 0 Å². The number of esters is 1. The van der Waals surface area contributed by atoms with E-state index in [0.29, 0.717) is 31.3 Å². The first-order valence-corrected chi connectivity index (χ1v) is 27.4. The van der Waals surface area contributed by atoms with Gasteiger partial charge in [0.25, 0.3) is 11.7 Å². The number of ketones is 2. The quantitative estimate of drug-likeness (QED) is 0.0369. The van der Waals surface area contributed by atoms with Crippen molar-refractivity contribution in [3.05, 3.63) is 196 Å². The maximum absolute atomic E-state index is 14.4. The summed E-state index contributed by atoms with van der Waals surface area (Å²) in [7, 11) is 0. The Hall–Kier alpha value is -6.59. The highest BCUT2D eigenvalue weighted by Crippen LogP contribution is 2.45. The summed E-state index contributed by atoms with van der Waals surface area (Å²) in [4.78, 5) is 80.1. The van der Waals surface area contributed by atoms with E-state index in [0.717, 1.165) is 36.8 Å². The number of halogens is 4. The van der Waals surface area contributed by atoms with E-state index < -0.39 is 63.2 Å². The molecule has 2 saturated carbocycles. The zero-order valence-corrected chi connectivity index (χ0v) is 48.5. The molecule has 4 aromatic carbocycles. The van der Waals surface area contributed by atoms with Gasteiger partial charge in [-0.1, -0.05) is 121 Å². The van der Waals surface area contributed by atoms with Crippen LogP contribution in [0.25, 0.3) is 0 Å². The highest BCUT2D eigenvalue weighted by atomic mass is 35.5. The van der Waals surface area contributed by atoms with Crippen molar-refractivity contribution in [1.29, 1.82) is 0 Å². The van der Waals surface area contributed by atoms with Crippen LogP contribution in [-0.4, -0.2) is 80.6 Å². The van der Waals surface area contributed by atoms with Gasteiger partial charge in [0.2, 0.25) is 16.6 Å². The Kier molecular flexibility index (Phi) is 22.7. The lowest BCUT2D eigenvalue weighted by Crippen LogP contribution is -2.66. The molecule has 6 aromatic rings. The van der Waals surface area contributed by atoms with Gasteiger partial charge in [0.15, 0.2) is 23.0 Å². The number of Topliss-reactive ketones (excluding diaryl/α,β-unsaturated/α-hetero) is 2. The summed E-state index contributed by atoms with van der Waals surface area (Å²) >= 11 is 11.6. The Balaban J connectivity index is 0.000000223. The van der Waals surface area contributed by atoms with Crippen LogP contribution >= 0.6 is 33.1 Å². The Morgan fingerprint density at radius 1 is 0.716 bits per heavy atom. The van der Waals surface area contributed by atoms with Crippen LogP contribution in [0.1, 0.15) is 136 Å². The molecule has 2 fully saturated rings. The first-order valence-electron chi connectivity index (χ1n) is 26.6. The van der Waals surface area contributed by atoms with Crippen molar-refractivity contribution >= 4 is 56.5 Å². The number of amides is 1. The minimum Gasteiger partial charge on any atom is -0.483 e. The number of carbonyl (C=O) groups excluding carboxylic acids is 4. The molecule has 1 spiro atoms. The molecule has 0 saturated heterocycles. The van der Waals surface area contributed by atoms with Crippen LogP contribution in [0.4, 0.5) is 8.78 Å². The summed E-state index contributed by atoms with van der Waals surface area (Å²) in [5.41, 5.74) is 5.61. The number of aryl methyl sites for hydroxylation is 2. The number of aliphatic hydroxyl groups is 2. The maximum Gasteiger partial charge on any atom is 0.378 e. The number of hydrogen-bond acceptors (Lipinski definition) is 13. The summed E-state index contributed by atoms with van der Waals surface area (Å²) in [6.45, 7) is 7.18. The summed E-state index contributed by atoms with van der Waals surface area (Å²) in [6.07, 6.45) is 6.60. The zero-order chi connectivity index (χ0) is 57.7. The third-order valence-corrected chi connectivity index (χ3v) is 15.2. The number of nitrogens with zero attached hydrogens (tertiary/aromatic N) is 2. The molecule has 3 heterocycles. The Labute approximate surface area is 481 Å². The Morgan fingerprint density at radius 2 is 1.22 bits per heavy atom. The lowest BCUT2D eigenvalue weighted by molar-refractivity contribution is -0.0745. The van der Waals surface area contributed by atoms with Crippen molar-refractivity contribution in [2.24, 2.45) is 11.1 Å². The standard InChI is InChI=1S/C29H28ClFN2O5.C24H20ClFO6.C8H17NO.H3P/c1-2-33-28(37)25-27(38-16-18-7-4-3-5-8-18)26(36)21(15-32(25)17-29(33)13-20(34)14-29)23(35)12-11-19-9-6-10-22(30)24(19)31;1-2-30-24(29)23-22(31-13-15-7-4-3-5-8-15)21(28)17(14-32-23)19(27)12-11-16-9-6-10-18(25)20(16)26;1-2-3-8(6-9)4-7(10)5-8;/h3-10,15,20,34H,2,11-14,16-17H2,1H3;3-10,14H,2,11-13H2,1H3;7,10H,2-6,9H2,1H3;1H3. The number of rotatable bonds is 20. The van der Waals surface area contributed by atoms with Crippen molar-refractivity contribution in [2.75, 3.05) is 19.7 Å². The molecule has 0 bridgehead atoms. The van der Waals surface area contributed by atoms with E-state index in [1.54, 1.807) is 58.9 Å². The summed E-state index contributed by atoms with van der Waals surface area (Å²) in [5.74, 6) is -4.53. The second-order valence-electron chi connectivity index (χ2n) is 20.2. The minimum atomic E-state index is -0.882. The number of aliphatic hydroxyl groups excluding tert-OH is 2. The number of likely N-dealkylation sites (N-methyl/N-ethyl adjacent to an activating group) is 1. The van der Waals surface area contributed by atoms with Crippen LogP contribution in [0.2, 0.25) is 10.0 Å². The first-order chi connectivity index (χ1) is 38.4. The fourth-order valence-electron chi connectivity index (χ4n) is 10.5. The average molecular weight is 1180 g/mol. The normalized spacial score (nSPS) is 18.5. The lowest BCUT2D eigenvalue weighted by atomic mass is 9.64. The molecule has 1 aliphatic heterocycles. The van der Waals surface area contributed by atoms with Crippen molar-refractivity contribution in [3.63, 3.8) is 0 Å². The molecule has 20 heteroatoms. The first kappa shape index (κ1) is 63.6. The van der Waals surface area contributed by atoms with Gasteiger partial charge < -0.3 is 44.0 Å². The summed E-state index contributed by atoms with van der Waals surface area (Å²) in [6, 6.07) is 27.2. The van der Waals surface area contributed by atoms with Gasteiger partial charge in [-0.2, -0.15) is 9.90 Å². The average Bonchev–Trinajstić information content (AvgIpc) is 3.50. The molecule has 2 aliphatic carbocycles. The maximum atomic E-state index is 14.4. The van der Waals surface area contributed by atoms with Crippen LogP contribution < -0.4 is 26.1 Å². The minimum absolute atomic E-state index is 0. The van der Waals surface area contributed by atoms with E-state index in [1.807, 2.05) is 43.3 Å². The van der Waals surface area contributed by atoms with Crippen LogP contribution in [0.5, 0.6) is 11.5 Å². The van der Waals surface area contributed by atoms with E-state index in [-0.39, 0.29) is 111 Å². The molecule has 3 aliphatic rings. The highest BCUT2D eigenvalue weighted by Gasteiger charge is 2.53. The second-order valence-corrected chi connectivity index (χ2v) is 21.0. The Morgan fingerprint density at radius 3 is 1.70 bits per heavy atom. The molecular formula is C61H68Cl2F2N3O12P. The highest BCUT2D eigenvalue weighted by molar-refractivity contribution is 6.92. The summed E-state index contributed by atoms with van der Waals surface area (Å²) in [5, 5.41) is 19.1. The van der Waals surface area contributed by atoms with E-state index in [1.165, 1.54) is 37.2 Å². The number of aromatic nitrogens is 1. The number of ether oxygens (including phenoxy) is 3. The molecule has 1 unspecified atom stereocenters. The number of carbonyl (C=O) groups is 4. The molecule has 81 heavy (non-hydrogen) atoms. The van der Waals surface area contributed by atoms with Crippen molar-refractivity contribution in [3.8, 4) is 11.5 Å². The monoisotopic (exact) mass is 1170 g/mol. The number of benzene rings is 4. The van der Waals surface area contributed by atoms with Gasteiger partial charge in [0.1, 0.15) is 36.7 Å². The largest absolute Gasteiger partial charge is 0.483 e. The SMILES string of the molecule is CCCC1(CN)CC(O)C1.CCN1C(=O)c2c(OCc3ccccc3)c(=O)c(C(=O)CCc3cccc(Cl)c3F)cn2CC12CC(O)C2.CCOC(=O)c1occ(C(=O)CCc2cccc(Cl)c2F)c(=O)c1OCc1ccccc1.P. The van der Waals surface area contributed by atoms with Crippen LogP contribution in [-0.2, 0) is 37.3 Å². The van der Waals surface area contributed by atoms with Crippen LogP contribution in [0.3, 0.4) is 0 Å². The Bertz CT molecular complexity index is 3290. The molecule has 2 aromatic heterocycles. The third-order valence-electron chi connectivity index (χ3n) is 14.6. The van der Waals surface area contributed by atoms with Gasteiger partial charge in [0, 0.05) is 32.1 Å². The predicted octanol–water partition coefficient (Wildman–Crippen LogP) is 10.4. The van der Waals surface area contributed by atoms with Crippen molar-refractivity contribution in [1.82, 2.24) is 9.47 Å². The third kappa shape index (κ3) is 15.1. The van der Waals surface area contributed by atoms with E-state index in [2.05, 4.69) is 6.92 Å². The smallest absolute Gasteiger partial charge is 0.378 e. The van der Waals surface area contributed by atoms with Gasteiger partial charge in [0.05, 0.1) is 40.0 Å². The molecule has 432 valence electrons. The predicted molar refractivity (Wildman–Crippen MR) is 309 cm³/mol. The molecule has 1 amide bonds. The molecule has 4 N–H and O–H groups in total. The van der Waals surface area contributed by atoms with Gasteiger partial charge in [-0.3, -0.25) is 24.0 Å². The molecule has 1 atom stereocenters. The van der Waals surface area contributed by atoms with Gasteiger partial charge in [-0.05, 0) is 105 Å². The van der Waals surface area contributed by atoms with E-state index in [4.69, 9.17) is 52.7 Å². The fraction of sp³-hybridized carbons (Fsp3) is 0.377. The zero-order valence-electron chi connectivity index (χ0n) is 45.5. The fourth-order valence-corrected chi connectivity index (χ4v) is 10.9. The summed E-state index contributed by atoms with van der Waals surface area (Å²) < 4.78 is 51.8. The number of hydrogen-bond donors (Lipinski definition) is 3. The molecular weight excluding hydrogens is 1110 g/mol. The van der Waals surface area contributed by atoms with Crippen LogP contribution in [0.15, 0.2) is 124 Å². The van der Waals surface area contributed by atoms with Crippen molar-refractivity contribution < 1.29 is 56.8 Å². The van der Waals surface area contributed by atoms with Crippen LogP contribution in [0, 0.1) is 17.0 Å². The number of nitrogens with two attached hydrogens (primary N) is 1. The molecule has 9 rings (SSSR count). The molecule has 15 nitrogen and oxygen atoms in total. The van der Waals surface area contributed by atoms with Crippen molar-refractivity contribution in [2.45, 2.75) is 122 Å². The van der Waals surface area contributed by atoms with Gasteiger partial charge >= 0.3 is 5.97 Å².